The number of amides is 2. The molecule has 202 valence electrons. The number of aryl methyl sites for hydroxylation is 3. The number of sulfonamides is 1. The van der Waals surface area contributed by atoms with Crippen LogP contribution in [0.4, 0.5) is 5.69 Å². The normalized spacial score (nSPS) is 12.1. The first-order chi connectivity index (χ1) is 17.8. The molecule has 0 spiro atoms. The van der Waals surface area contributed by atoms with E-state index in [9.17, 15) is 18.0 Å². The van der Waals surface area contributed by atoms with E-state index in [1.807, 2.05) is 26.8 Å². The molecule has 0 fully saturated rings. The standard InChI is InChI=1S/C28H31Cl2N3O4S/c1-18-6-12-25(13-7-18)38(36,37)33(24-11-8-19(2)20(3)14-24)17-27(34)32(21(4)28(35)31-5)16-22-9-10-23(29)15-26(22)30/h6-15,21H,16-17H2,1-5H3,(H,31,35)/t21-/m1/s1. The van der Waals surface area contributed by atoms with Gasteiger partial charge in [-0.2, -0.15) is 0 Å². The first-order valence-corrected chi connectivity index (χ1v) is 14.2. The van der Waals surface area contributed by atoms with Crippen molar-refractivity contribution >= 4 is 50.7 Å². The Morgan fingerprint density at radius 3 is 2.16 bits per heavy atom. The van der Waals surface area contributed by atoms with Crippen molar-refractivity contribution in [3.63, 3.8) is 0 Å². The van der Waals surface area contributed by atoms with Crippen molar-refractivity contribution in [2.75, 3.05) is 17.9 Å². The predicted molar refractivity (Wildman–Crippen MR) is 152 cm³/mol. The molecule has 0 heterocycles. The SMILES string of the molecule is CNC(=O)[C@@H](C)N(Cc1ccc(Cl)cc1Cl)C(=O)CN(c1ccc(C)c(C)c1)S(=O)(=O)c1ccc(C)cc1. The van der Waals surface area contributed by atoms with Gasteiger partial charge in [0.15, 0.2) is 0 Å². The van der Waals surface area contributed by atoms with Crippen LogP contribution in [0.1, 0.15) is 29.2 Å². The van der Waals surface area contributed by atoms with Gasteiger partial charge in [0.05, 0.1) is 10.6 Å². The lowest BCUT2D eigenvalue weighted by Gasteiger charge is -2.32. The Morgan fingerprint density at radius 2 is 1.58 bits per heavy atom. The number of hydrogen-bond donors (Lipinski definition) is 1. The molecule has 0 radical (unpaired) electrons. The van der Waals surface area contributed by atoms with Gasteiger partial charge in [0.2, 0.25) is 11.8 Å². The number of anilines is 1. The molecule has 0 aliphatic carbocycles. The average Bonchev–Trinajstić information content (AvgIpc) is 2.87. The Bertz CT molecular complexity index is 1440. The molecule has 10 heteroatoms. The molecule has 0 bridgehead atoms. The van der Waals surface area contributed by atoms with E-state index < -0.39 is 34.4 Å². The number of nitrogens with one attached hydrogen (secondary N) is 1. The highest BCUT2D eigenvalue weighted by atomic mass is 35.5. The number of carbonyl (C=O) groups excluding carboxylic acids is 2. The second kappa shape index (κ2) is 12.2. The number of hydrogen-bond acceptors (Lipinski definition) is 4. The molecule has 0 aliphatic heterocycles. The molecule has 7 nitrogen and oxygen atoms in total. The highest BCUT2D eigenvalue weighted by molar-refractivity contribution is 7.92. The smallest absolute Gasteiger partial charge is 0.264 e. The Kier molecular flexibility index (Phi) is 9.46. The maximum atomic E-state index is 13.8. The summed E-state index contributed by atoms with van der Waals surface area (Å²) in [5, 5.41) is 3.31. The molecule has 38 heavy (non-hydrogen) atoms. The van der Waals surface area contributed by atoms with Crippen molar-refractivity contribution in [3.05, 3.63) is 93.0 Å². The fraction of sp³-hybridized carbons (Fsp3) is 0.286. The Labute approximate surface area is 234 Å². The van der Waals surface area contributed by atoms with E-state index in [0.717, 1.165) is 21.0 Å². The molecule has 3 aromatic rings. The van der Waals surface area contributed by atoms with Crippen LogP contribution in [0.25, 0.3) is 0 Å². The molecule has 0 saturated carbocycles. The van der Waals surface area contributed by atoms with Crippen molar-refractivity contribution in [1.82, 2.24) is 10.2 Å². The monoisotopic (exact) mass is 575 g/mol. The van der Waals surface area contributed by atoms with Gasteiger partial charge in [-0.15, -0.1) is 0 Å². The average molecular weight is 577 g/mol. The quantitative estimate of drug-likeness (QED) is 0.376. The molecule has 0 saturated heterocycles. The summed E-state index contributed by atoms with van der Waals surface area (Å²) in [4.78, 5) is 27.8. The lowest BCUT2D eigenvalue weighted by Crippen LogP contribution is -2.50. The van der Waals surface area contributed by atoms with Crippen LogP contribution in [0.5, 0.6) is 0 Å². The molecule has 1 atom stereocenters. The van der Waals surface area contributed by atoms with Crippen LogP contribution in [-0.4, -0.2) is 44.8 Å². The van der Waals surface area contributed by atoms with Crippen molar-refractivity contribution in [1.29, 1.82) is 0 Å². The van der Waals surface area contributed by atoms with Gasteiger partial charge in [0, 0.05) is 23.6 Å². The third-order valence-electron chi connectivity index (χ3n) is 6.44. The predicted octanol–water partition coefficient (Wildman–Crippen LogP) is 5.28. The Morgan fingerprint density at radius 1 is 0.921 bits per heavy atom. The number of rotatable bonds is 9. The van der Waals surface area contributed by atoms with E-state index >= 15 is 0 Å². The molecule has 0 aliphatic rings. The summed E-state index contributed by atoms with van der Waals surface area (Å²) >= 11 is 12.4. The maximum absolute atomic E-state index is 13.8. The van der Waals surface area contributed by atoms with Gasteiger partial charge < -0.3 is 10.2 Å². The fourth-order valence-corrected chi connectivity index (χ4v) is 5.75. The van der Waals surface area contributed by atoms with Crippen LogP contribution in [-0.2, 0) is 26.2 Å². The van der Waals surface area contributed by atoms with Crippen LogP contribution in [0, 0.1) is 20.8 Å². The summed E-state index contributed by atoms with van der Waals surface area (Å²) < 4.78 is 28.8. The highest BCUT2D eigenvalue weighted by Crippen LogP contribution is 2.28. The van der Waals surface area contributed by atoms with Crippen LogP contribution < -0.4 is 9.62 Å². The second-order valence-corrected chi connectivity index (χ2v) is 11.8. The van der Waals surface area contributed by atoms with Crippen LogP contribution >= 0.6 is 23.2 Å². The minimum Gasteiger partial charge on any atom is -0.357 e. The van der Waals surface area contributed by atoms with Gasteiger partial charge in [-0.05, 0) is 80.8 Å². The molecule has 0 aromatic heterocycles. The summed E-state index contributed by atoms with van der Waals surface area (Å²) in [5.74, 6) is -0.969. The van der Waals surface area contributed by atoms with E-state index in [-0.39, 0.29) is 11.4 Å². The zero-order valence-electron chi connectivity index (χ0n) is 22.0. The van der Waals surface area contributed by atoms with E-state index in [2.05, 4.69) is 5.32 Å². The lowest BCUT2D eigenvalue weighted by atomic mass is 10.1. The van der Waals surface area contributed by atoms with Gasteiger partial charge >= 0.3 is 0 Å². The van der Waals surface area contributed by atoms with Gasteiger partial charge in [0.1, 0.15) is 12.6 Å². The second-order valence-electron chi connectivity index (χ2n) is 9.14. The fourth-order valence-electron chi connectivity index (χ4n) is 3.87. The summed E-state index contributed by atoms with van der Waals surface area (Å²) in [7, 11) is -2.65. The van der Waals surface area contributed by atoms with E-state index in [1.54, 1.807) is 49.4 Å². The van der Waals surface area contributed by atoms with E-state index in [1.165, 1.54) is 24.1 Å². The minimum absolute atomic E-state index is 0.0191. The van der Waals surface area contributed by atoms with E-state index in [4.69, 9.17) is 23.2 Å². The minimum atomic E-state index is -4.13. The van der Waals surface area contributed by atoms with Crippen LogP contribution in [0.3, 0.4) is 0 Å². The molecule has 3 rings (SSSR count). The first kappa shape index (κ1) is 29.5. The van der Waals surface area contributed by atoms with Gasteiger partial charge in [-0.3, -0.25) is 13.9 Å². The molecular formula is C28H31Cl2N3O4S. The molecular weight excluding hydrogens is 545 g/mol. The third kappa shape index (κ3) is 6.67. The molecule has 0 unspecified atom stereocenters. The Hall–Kier alpha value is -3.07. The molecule has 1 N–H and O–H groups in total. The number of nitrogens with zero attached hydrogens (tertiary/aromatic N) is 2. The summed E-state index contributed by atoms with van der Waals surface area (Å²) in [5.41, 5.74) is 3.68. The topological polar surface area (TPSA) is 86.8 Å². The Balaban J connectivity index is 2.07. The number of likely N-dealkylation sites (N-methyl/N-ethyl adjacent to an activating group) is 1. The molecule has 3 aromatic carbocycles. The van der Waals surface area contributed by atoms with Gasteiger partial charge in [-0.1, -0.05) is 53.0 Å². The maximum Gasteiger partial charge on any atom is 0.264 e. The largest absolute Gasteiger partial charge is 0.357 e. The number of halogens is 2. The molecule has 2 amide bonds. The van der Waals surface area contributed by atoms with E-state index in [0.29, 0.717) is 21.3 Å². The number of carbonyl (C=O) groups is 2. The highest BCUT2D eigenvalue weighted by Gasteiger charge is 2.32. The summed E-state index contributed by atoms with van der Waals surface area (Å²) in [6, 6.07) is 15.6. The van der Waals surface area contributed by atoms with Crippen molar-refractivity contribution in [2.45, 2.75) is 45.2 Å². The lowest BCUT2D eigenvalue weighted by molar-refractivity contribution is -0.139. The zero-order chi connectivity index (χ0) is 28.2. The summed E-state index contributed by atoms with van der Waals surface area (Å²) in [6.45, 7) is 6.70. The van der Waals surface area contributed by atoms with Gasteiger partial charge in [0.25, 0.3) is 10.0 Å². The van der Waals surface area contributed by atoms with Crippen molar-refractivity contribution < 1.29 is 18.0 Å². The summed E-state index contributed by atoms with van der Waals surface area (Å²) in [6.07, 6.45) is 0. The number of benzene rings is 3. The zero-order valence-corrected chi connectivity index (χ0v) is 24.3. The first-order valence-electron chi connectivity index (χ1n) is 12.0. The van der Waals surface area contributed by atoms with Crippen molar-refractivity contribution in [2.24, 2.45) is 0 Å². The van der Waals surface area contributed by atoms with Crippen LogP contribution in [0.2, 0.25) is 10.0 Å². The van der Waals surface area contributed by atoms with Crippen LogP contribution in [0.15, 0.2) is 65.6 Å². The van der Waals surface area contributed by atoms with Gasteiger partial charge in [-0.25, -0.2) is 8.42 Å². The third-order valence-corrected chi connectivity index (χ3v) is 8.81. The van der Waals surface area contributed by atoms with Crippen molar-refractivity contribution in [3.8, 4) is 0 Å².